The largest absolute Gasteiger partial charge is 0.389 e. The van der Waals surface area contributed by atoms with Gasteiger partial charge in [0.25, 0.3) is 0 Å². The number of rotatable bonds is 6. The van der Waals surface area contributed by atoms with Crippen molar-refractivity contribution in [3.63, 3.8) is 0 Å². The summed E-state index contributed by atoms with van der Waals surface area (Å²) in [5.41, 5.74) is 2.27. The van der Waals surface area contributed by atoms with Crippen molar-refractivity contribution in [2.24, 2.45) is 0 Å². The zero-order chi connectivity index (χ0) is 18.0. The van der Waals surface area contributed by atoms with E-state index < -0.39 is 5.60 Å². The van der Waals surface area contributed by atoms with Crippen LogP contribution in [0.1, 0.15) is 32.3 Å². The van der Waals surface area contributed by atoms with Gasteiger partial charge in [-0.1, -0.05) is 36.4 Å². The number of aromatic nitrogens is 2. The van der Waals surface area contributed by atoms with Crippen LogP contribution in [0.4, 0.5) is 0 Å². The average Bonchev–Trinajstić information content (AvgIpc) is 2.86. The zero-order valence-corrected chi connectivity index (χ0v) is 15.4. The molecular formula is C21H26N2O2. The minimum Gasteiger partial charge on any atom is -0.389 e. The minimum absolute atomic E-state index is 0.445. The third-order valence-electron chi connectivity index (χ3n) is 4.22. The summed E-state index contributed by atoms with van der Waals surface area (Å²) in [6.45, 7) is 9.17. The van der Waals surface area contributed by atoms with Gasteiger partial charge in [0.2, 0.25) is 0 Å². The quantitative estimate of drug-likeness (QED) is 0.728. The molecule has 3 aromatic rings. The Hall–Kier alpha value is -2.17. The molecule has 0 saturated heterocycles. The van der Waals surface area contributed by atoms with Crippen LogP contribution in [0.15, 0.2) is 42.5 Å². The number of ether oxygens (including phenoxy) is 1. The summed E-state index contributed by atoms with van der Waals surface area (Å²) in [5, 5.41) is 12.8. The molecule has 1 heterocycles. The lowest BCUT2D eigenvalue weighted by atomic mass is 10.0. The lowest BCUT2D eigenvalue weighted by Gasteiger charge is -2.22. The number of nitrogens with zero attached hydrogens (tertiary/aromatic N) is 2. The summed E-state index contributed by atoms with van der Waals surface area (Å²) in [7, 11) is 0. The minimum atomic E-state index is -0.834. The van der Waals surface area contributed by atoms with Crippen LogP contribution in [0.5, 0.6) is 0 Å². The lowest BCUT2D eigenvalue weighted by Crippen LogP contribution is -2.27. The van der Waals surface area contributed by atoms with E-state index in [0.717, 1.165) is 22.8 Å². The highest BCUT2D eigenvalue weighted by Crippen LogP contribution is 2.29. The Kier molecular flexibility index (Phi) is 4.93. The van der Waals surface area contributed by atoms with E-state index in [1.165, 1.54) is 10.8 Å². The lowest BCUT2D eigenvalue weighted by molar-refractivity contribution is 0.0574. The molecule has 0 saturated carbocycles. The van der Waals surface area contributed by atoms with Gasteiger partial charge < -0.3 is 14.4 Å². The van der Waals surface area contributed by atoms with Crippen LogP contribution < -0.4 is 0 Å². The predicted octanol–water partition coefficient (Wildman–Crippen LogP) is 4.32. The normalized spacial score (nSPS) is 12.0. The van der Waals surface area contributed by atoms with Crippen molar-refractivity contribution in [2.45, 2.75) is 46.4 Å². The van der Waals surface area contributed by atoms with Crippen LogP contribution in [0.2, 0.25) is 0 Å². The van der Waals surface area contributed by atoms with Gasteiger partial charge in [-0.25, -0.2) is 4.98 Å². The van der Waals surface area contributed by atoms with Crippen molar-refractivity contribution in [1.29, 1.82) is 0 Å². The smallest absolute Gasteiger partial charge is 0.135 e. The van der Waals surface area contributed by atoms with Crippen molar-refractivity contribution < 1.29 is 9.84 Å². The van der Waals surface area contributed by atoms with Crippen LogP contribution in [0.3, 0.4) is 0 Å². The first-order valence-electron chi connectivity index (χ1n) is 8.74. The predicted molar refractivity (Wildman–Crippen MR) is 102 cm³/mol. The van der Waals surface area contributed by atoms with Gasteiger partial charge in [0.1, 0.15) is 12.4 Å². The fraction of sp³-hybridized carbons (Fsp3) is 0.381. The molecule has 0 amide bonds. The van der Waals surface area contributed by atoms with Gasteiger partial charge >= 0.3 is 0 Å². The summed E-state index contributed by atoms with van der Waals surface area (Å²) < 4.78 is 7.68. The van der Waals surface area contributed by atoms with E-state index in [1.54, 1.807) is 0 Å². The molecule has 2 aromatic carbocycles. The van der Waals surface area contributed by atoms with Crippen molar-refractivity contribution in [2.75, 3.05) is 6.61 Å². The first-order chi connectivity index (χ1) is 11.9. The molecule has 0 aliphatic rings. The van der Waals surface area contributed by atoms with Gasteiger partial charge in [0, 0.05) is 12.2 Å². The molecule has 4 heteroatoms. The third-order valence-corrected chi connectivity index (χ3v) is 4.22. The zero-order valence-electron chi connectivity index (χ0n) is 15.4. The number of benzene rings is 2. The molecule has 1 aromatic heterocycles. The number of imidazole rings is 1. The molecule has 4 nitrogen and oxygen atoms in total. The molecule has 0 spiro atoms. The molecule has 0 unspecified atom stereocenters. The van der Waals surface area contributed by atoms with E-state index in [1.807, 2.05) is 39.8 Å². The van der Waals surface area contributed by atoms with Crippen LogP contribution in [-0.4, -0.2) is 26.9 Å². The Morgan fingerprint density at radius 3 is 2.52 bits per heavy atom. The highest BCUT2D eigenvalue weighted by atomic mass is 16.5. The van der Waals surface area contributed by atoms with Crippen molar-refractivity contribution in [3.05, 3.63) is 54.0 Å². The number of hydrogen-bond acceptors (Lipinski definition) is 3. The molecule has 0 aliphatic heterocycles. The maximum atomic E-state index is 10.4. The molecule has 0 aliphatic carbocycles. The van der Waals surface area contributed by atoms with Crippen molar-refractivity contribution in [3.8, 4) is 11.3 Å². The van der Waals surface area contributed by atoms with E-state index in [4.69, 9.17) is 9.72 Å². The molecule has 0 fully saturated rings. The van der Waals surface area contributed by atoms with Gasteiger partial charge in [-0.2, -0.15) is 0 Å². The number of aliphatic hydroxyl groups is 1. The molecule has 3 rings (SSSR count). The van der Waals surface area contributed by atoms with Crippen LogP contribution in [-0.2, 0) is 17.9 Å². The monoisotopic (exact) mass is 338 g/mol. The molecule has 0 radical (unpaired) electrons. The number of fused-ring (bicyclic) bond motifs is 1. The molecule has 1 N–H and O–H groups in total. The van der Waals surface area contributed by atoms with E-state index >= 15 is 0 Å². The van der Waals surface area contributed by atoms with Gasteiger partial charge in [-0.3, -0.25) is 0 Å². The molecule has 132 valence electrons. The van der Waals surface area contributed by atoms with Gasteiger partial charge in [-0.15, -0.1) is 0 Å². The summed E-state index contributed by atoms with van der Waals surface area (Å²) in [5.74, 6) is 0.852. The maximum Gasteiger partial charge on any atom is 0.135 e. The Morgan fingerprint density at radius 1 is 1.12 bits per heavy atom. The van der Waals surface area contributed by atoms with E-state index in [-0.39, 0.29) is 0 Å². The SMILES string of the molecule is CCOCc1nc(C)c(-c2ccc3ccccc3c2)n1CC(C)(C)O. The van der Waals surface area contributed by atoms with Crippen LogP contribution in [0.25, 0.3) is 22.0 Å². The van der Waals surface area contributed by atoms with E-state index in [9.17, 15) is 5.11 Å². The molecule has 0 bridgehead atoms. The van der Waals surface area contributed by atoms with Crippen molar-refractivity contribution >= 4 is 10.8 Å². The number of hydrogen-bond donors (Lipinski definition) is 1. The average molecular weight is 338 g/mol. The highest BCUT2D eigenvalue weighted by Gasteiger charge is 2.22. The first-order valence-corrected chi connectivity index (χ1v) is 8.74. The Morgan fingerprint density at radius 2 is 1.84 bits per heavy atom. The van der Waals surface area contributed by atoms with Gasteiger partial charge in [0.15, 0.2) is 0 Å². The number of aryl methyl sites for hydroxylation is 1. The summed E-state index contributed by atoms with van der Waals surface area (Å²) in [6, 6.07) is 14.8. The van der Waals surface area contributed by atoms with E-state index in [2.05, 4.69) is 34.9 Å². The topological polar surface area (TPSA) is 47.3 Å². The highest BCUT2D eigenvalue weighted by molar-refractivity contribution is 5.87. The third kappa shape index (κ3) is 3.91. The molecule has 0 atom stereocenters. The van der Waals surface area contributed by atoms with Crippen LogP contribution in [0, 0.1) is 6.92 Å². The fourth-order valence-corrected chi connectivity index (χ4v) is 3.19. The molecule has 25 heavy (non-hydrogen) atoms. The molecular weight excluding hydrogens is 312 g/mol. The van der Waals surface area contributed by atoms with Crippen molar-refractivity contribution in [1.82, 2.24) is 9.55 Å². The second-order valence-electron chi connectivity index (χ2n) is 7.06. The Balaban J connectivity index is 2.13. The second kappa shape index (κ2) is 6.98. The summed E-state index contributed by atoms with van der Waals surface area (Å²) in [4.78, 5) is 4.72. The maximum absolute atomic E-state index is 10.4. The van der Waals surface area contributed by atoms with E-state index in [0.29, 0.717) is 19.8 Å². The van der Waals surface area contributed by atoms with Gasteiger partial charge in [-0.05, 0) is 44.5 Å². The second-order valence-corrected chi connectivity index (χ2v) is 7.06. The summed E-state index contributed by atoms with van der Waals surface area (Å²) >= 11 is 0. The van der Waals surface area contributed by atoms with Crippen LogP contribution >= 0.6 is 0 Å². The first kappa shape index (κ1) is 17.6. The summed E-state index contributed by atoms with van der Waals surface area (Å²) in [6.07, 6.45) is 0. The fourth-order valence-electron chi connectivity index (χ4n) is 3.19. The Bertz CT molecular complexity index is 875. The Labute approximate surface area is 149 Å². The van der Waals surface area contributed by atoms with Gasteiger partial charge in [0.05, 0.1) is 23.5 Å². The standard InChI is InChI=1S/C21H26N2O2/c1-5-25-13-19-22-15(2)20(23(19)14-21(3,4)24)18-11-10-16-8-6-7-9-17(16)12-18/h6-12,24H,5,13-14H2,1-4H3.